The number of ether oxygens (including phenoxy) is 1. The predicted molar refractivity (Wildman–Crippen MR) is 84.1 cm³/mol. The van der Waals surface area contributed by atoms with Gasteiger partial charge in [0.15, 0.2) is 0 Å². The lowest BCUT2D eigenvalue weighted by Gasteiger charge is -2.11. The van der Waals surface area contributed by atoms with Gasteiger partial charge in [-0.05, 0) is 46.3 Å². The summed E-state index contributed by atoms with van der Waals surface area (Å²) in [6.07, 6.45) is 1.66. The van der Waals surface area contributed by atoms with Gasteiger partial charge in [-0.25, -0.2) is 0 Å². The molecular formula is C13H12BrN3OS. The number of nitrogens with one attached hydrogen (secondary N) is 1. The number of pyridine rings is 1. The van der Waals surface area contributed by atoms with Gasteiger partial charge in [-0.15, -0.1) is 0 Å². The highest BCUT2D eigenvalue weighted by molar-refractivity contribution is 9.10. The monoisotopic (exact) mass is 337 g/mol. The third-order valence-electron chi connectivity index (χ3n) is 2.47. The quantitative estimate of drug-likeness (QED) is 0.838. The molecule has 0 aliphatic carbocycles. The zero-order valence-corrected chi connectivity index (χ0v) is 12.6. The third kappa shape index (κ3) is 3.21. The highest BCUT2D eigenvalue weighted by Crippen LogP contribution is 2.29. The number of rotatable bonds is 4. The van der Waals surface area contributed by atoms with Crippen molar-refractivity contribution in [3.05, 3.63) is 46.7 Å². The molecule has 3 N–H and O–H groups in total. The van der Waals surface area contributed by atoms with E-state index in [0.717, 1.165) is 21.6 Å². The lowest BCUT2D eigenvalue weighted by atomic mass is 10.2. The summed E-state index contributed by atoms with van der Waals surface area (Å²) >= 11 is 8.41. The van der Waals surface area contributed by atoms with Gasteiger partial charge in [0.1, 0.15) is 16.4 Å². The number of hydrogen-bond acceptors (Lipinski definition) is 4. The number of hydrogen-bond donors (Lipinski definition) is 2. The molecule has 0 amide bonds. The highest BCUT2D eigenvalue weighted by atomic mass is 79.9. The van der Waals surface area contributed by atoms with Gasteiger partial charge in [0.05, 0.1) is 17.3 Å². The second kappa shape index (κ2) is 5.99. The number of aromatic nitrogens is 1. The van der Waals surface area contributed by atoms with E-state index < -0.39 is 0 Å². The Labute approximate surface area is 125 Å². The maximum Gasteiger partial charge on any atom is 0.133 e. The fourth-order valence-electron chi connectivity index (χ4n) is 1.60. The number of methoxy groups -OCH3 is 1. The van der Waals surface area contributed by atoms with Crippen molar-refractivity contribution in [1.82, 2.24) is 4.98 Å². The Hall–Kier alpha value is -1.66. The summed E-state index contributed by atoms with van der Waals surface area (Å²) in [4.78, 5) is 4.43. The van der Waals surface area contributed by atoms with Crippen LogP contribution in [0.4, 0.5) is 11.4 Å². The van der Waals surface area contributed by atoms with Crippen molar-refractivity contribution in [3.63, 3.8) is 0 Å². The van der Waals surface area contributed by atoms with Gasteiger partial charge in [0.2, 0.25) is 0 Å². The molecule has 2 rings (SSSR count). The fourth-order valence-corrected chi connectivity index (χ4v) is 2.31. The first-order valence-electron chi connectivity index (χ1n) is 5.47. The smallest absolute Gasteiger partial charge is 0.133 e. The van der Waals surface area contributed by atoms with Gasteiger partial charge in [-0.3, -0.25) is 4.98 Å². The number of halogens is 1. The molecule has 0 atom stereocenters. The largest absolute Gasteiger partial charge is 0.496 e. The van der Waals surface area contributed by atoms with Crippen LogP contribution in [0.5, 0.6) is 5.75 Å². The molecule has 0 fully saturated rings. The molecule has 6 heteroatoms. The normalized spacial score (nSPS) is 10.0. The molecule has 0 unspecified atom stereocenters. The Morgan fingerprint density at radius 1 is 1.42 bits per heavy atom. The van der Waals surface area contributed by atoms with E-state index in [1.807, 2.05) is 30.3 Å². The summed E-state index contributed by atoms with van der Waals surface area (Å²) in [6, 6.07) is 9.38. The number of thiocarbonyl (C=S) groups is 1. The molecule has 0 saturated heterocycles. The van der Waals surface area contributed by atoms with Crippen molar-refractivity contribution in [2.45, 2.75) is 0 Å². The molecule has 2 aromatic rings. The molecule has 0 aliphatic rings. The van der Waals surface area contributed by atoms with E-state index in [4.69, 9.17) is 22.7 Å². The van der Waals surface area contributed by atoms with E-state index in [-0.39, 0.29) is 4.99 Å². The standard InChI is InChI=1S/C13H12BrN3OS/c1-18-11-5-4-8(7-9(11)14)17-10-3-2-6-16-12(10)13(15)19/h2-7,17H,1H3,(H2,15,19). The van der Waals surface area contributed by atoms with Crippen LogP contribution in [-0.4, -0.2) is 17.1 Å². The van der Waals surface area contributed by atoms with Crippen molar-refractivity contribution in [3.8, 4) is 5.75 Å². The van der Waals surface area contributed by atoms with Crippen molar-refractivity contribution in [2.75, 3.05) is 12.4 Å². The Kier molecular flexibility index (Phi) is 4.34. The van der Waals surface area contributed by atoms with E-state index in [1.165, 1.54) is 0 Å². The first-order valence-corrected chi connectivity index (χ1v) is 6.67. The fraction of sp³-hybridized carbons (Fsp3) is 0.0769. The van der Waals surface area contributed by atoms with E-state index in [0.29, 0.717) is 5.69 Å². The molecular weight excluding hydrogens is 326 g/mol. The molecule has 0 aliphatic heterocycles. The van der Waals surface area contributed by atoms with Gasteiger partial charge >= 0.3 is 0 Å². The Bertz CT molecular complexity index is 619. The van der Waals surface area contributed by atoms with Crippen LogP contribution in [0.15, 0.2) is 41.0 Å². The van der Waals surface area contributed by atoms with Crippen LogP contribution in [0.3, 0.4) is 0 Å². The van der Waals surface area contributed by atoms with Crippen LogP contribution in [0, 0.1) is 0 Å². The summed E-state index contributed by atoms with van der Waals surface area (Å²) in [5.74, 6) is 0.770. The van der Waals surface area contributed by atoms with Gasteiger partial charge in [-0.1, -0.05) is 12.2 Å². The Morgan fingerprint density at radius 2 is 2.21 bits per heavy atom. The van der Waals surface area contributed by atoms with E-state index in [9.17, 15) is 0 Å². The van der Waals surface area contributed by atoms with Crippen molar-refractivity contribution in [2.24, 2.45) is 5.73 Å². The minimum atomic E-state index is 0.260. The summed E-state index contributed by atoms with van der Waals surface area (Å²) in [5, 5.41) is 3.23. The maximum absolute atomic E-state index is 5.64. The minimum Gasteiger partial charge on any atom is -0.496 e. The van der Waals surface area contributed by atoms with Crippen LogP contribution in [0.2, 0.25) is 0 Å². The molecule has 98 valence electrons. The summed E-state index contributed by atoms with van der Waals surface area (Å²) in [5.41, 5.74) is 7.87. The minimum absolute atomic E-state index is 0.260. The van der Waals surface area contributed by atoms with Crippen LogP contribution in [0.25, 0.3) is 0 Å². The number of benzene rings is 1. The molecule has 1 aromatic heterocycles. The van der Waals surface area contributed by atoms with Crippen LogP contribution in [-0.2, 0) is 0 Å². The SMILES string of the molecule is COc1ccc(Nc2cccnc2C(N)=S)cc1Br. The zero-order valence-electron chi connectivity index (χ0n) is 10.2. The van der Waals surface area contributed by atoms with Gasteiger partial charge in [0.25, 0.3) is 0 Å². The molecule has 4 nitrogen and oxygen atoms in total. The number of nitrogens with zero attached hydrogens (tertiary/aromatic N) is 1. The van der Waals surface area contributed by atoms with Gasteiger partial charge in [-0.2, -0.15) is 0 Å². The zero-order chi connectivity index (χ0) is 13.8. The molecule has 1 heterocycles. The maximum atomic E-state index is 5.64. The molecule has 0 bridgehead atoms. The summed E-state index contributed by atoms with van der Waals surface area (Å²) in [7, 11) is 1.62. The lowest BCUT2D eigenvalue weighted by molar-refractivity contribution is 0.412. The molecule has 0 radical (unpaired) electrons. The van der Waals surface area contributed by atoms with E-state index in [2.05, 4.69) is 26.2 Å². The molecule has 1 aromatic carbocycles. The van der Waals surface area contributed by atoms with Crippen LogP contribution >= 0.6 is 28.1 Å². The first kappa shape index (κ1) is 13.8. The second-order valence-electron chi connectivity index (χ2n) is 3.74. The predicted octanol–water partition coefficient (Wildman–Crippen LogP) is 3.23. The Balaban J connectivity index is 2.31. The number of anilines is 2. The average molecular weight is 338 g/mol. The van der Waals surface area contributed by atoms with E-state index >= 15 is 0 Å². The van der Waals surface area contributed by atoms with Crippen molar-refractivity contribution >= 4 is 44.5 Å². The topological polar surface area (TPSA) is 60.2 Å². The first-order chi connectivity index (χ1) is 9.11. The van der Waals surface area contributed by atoms with E-state index in [1.54, 1.807) is 13.3 Å². The summed E-state index contributed by atoms with van der Waals surface area (Å²) < 4.78 is 6.05. The summed E-state index contributed by atoms with van der Waals surface area (Å²) in [6.45, 7) is 0. The molecule has 0 saturated carbocycles. The van der Waals surface area contributed by atoms with Crippen molar-refractivity contribution < 1.29 is 4.74 Å². The Morgan fingerprint density at radius 3 is 2.84 bits per heavy atom. The second-order valence-corrected chi connectivity index (χ2v) is 5.03. The average Bonchev–Trinajstić information content (AvgIpc) is 2.39. The van der Waals surface area contributed by atoms with Gasteiger partial charge < -0.3 is 15.8 Å². The van der Waals surface area contributed by atoms with Gasteiger partial charge in [0, 0.05) is 11.9 Å². The lowest BCUT2D eigenvalue weighted by Crippen LogP contribution is -2.13. The highest BCUT2D eigenvalue weighted by Gasteiger charge is 2.07. The molecule has 0 spiro atoms. The number of nitrogens with two attached hydrogens (primary N) is 1. The van der Waals surface area contributed by atoms with Crippen LogP contribution in [0.1, 0.15) is 5.69 Å². The van der Waals surface area contributed by atoms with Crippen molar-refractivity contribution in [1.29, 1.82) is 0 Å². The van der Waals surface area contributed by atoms with Crippen LogP contribution < -0.4 is 15.8 Å². The third-order valence-corrected chi connectivity index (χ3v) is 3.28. The molecule has 19 heavy (non-hydrogen) atoms.